The summed E-state index contributed by atoms with van der Waals surface area (Å²) < 4.78 is 19.3. The Morgan fingerprint density at radius 1 is 1.50 bits per heavy atom. The molecule has 0 heterocycles. The number of carbonyl (C=O) groups excluding carboxylic acids is 2. The van der Waals surface area contributed by atoms with Gasteiger partial charge in [0, 0.05) is 0 Å². The molecule has 58 valence electrons. The van der Waals surface area contributed by atoms with Crippen LogP contribution in [0.15, 0.2) is 0 Å². The van der Waals surface area contributed by atoms with Crippen LogP contribution in [0.25, 0.3) is 0 Å². The molecule has 4 nitrogen and oxygen atoms in total. The summed E-state index contributed by atoms with van der Waals surface area (Å²) in [5.41, 5.74) is 0. The summed E-state index contributed by atoms with van der Waals surface area (Å²) in [6, 6.07) is 0. The maximum atomic E-state index is 11.4. The van der Waals surface area contributed by atoms with Gasteiger partial charge in [0.15, 0.2) is 6.10 Å². The quantitative estimate of drug-likeness (QED) is 0.428. The molecule has 5 heteroatoms. The van der Waals surface area contributed by atoms with Crippen LogP contribution in [0.3, 0.4) is 0 Å². The summed E-state index contributed by atoms with van der Waals surface area (Å²) >= 11 is 0. The Kier molecular flexibility index (Phi) is 3.38. The van der Waals surface area contributed by atoms with E-state index in [1.807, 2.05) is 0 Å². The minimum absolute atomic E-state index is 0.786. The molecule has 0 aromatic rings. The van der Waals surface area contributed by atoms with Gasteiger partial charge in [-0.1, -0.05) is 0 Å². The summed E-state index contributed by atoms with van der Waals surface area (Å²) in [7, 11) is 1.12. The Morgan fingerprint density at radius 2 is 2.00 bits per heavy atom. The monoisotopic (exact) mass is 150 g/mol. The van der Waals surface area contributed by atoms with E-state index in [1.54, 1.807) is 0 Å². The first kappa shape index (κ1) is 8.87. The molecular weight excluding hydrogens is 143 g/mol. The first-order valence-corrected chi connectivity index (χ1v) is 2.52. The van der Waals surface area contributed by atoms with Crippen LogP contribution in [-0.4, -0.2) is 25.4 Å². The Hall–Kier alpha value is -1.13. The highest BCUT2D eigenvalue weighted by Crippen LogP contribution is 1.95. The Labute approximate surface area is 56.9 Å². The van der Waals surface area contributed by atoms with Crippen LogP contribution >= 0.6 is 0 Å². The topological polar surface area (TPSA) is 52.6 Å². The van der Waals surface area contributed by atoms with Crippen LogP contribution in [0.5, 0.6) is 0 Å². The molecule has 0 fully saturated rings. The maximum Gasteiger partial charge on any atom is 0.496 e. The highest BCUT2D eigenvalue weighted by molar-refractivity contribution is 5.76. The van der Waals surface area contributed by atoms with Crippen molar-refractivity contribution < 1.29 is 23.5 Å². The molecule has 10 heavy (non-hydrogen) atoms. The number of methoxy groups -OCH3 is 1. The summed E-state index contributed by atoms with van der Waals surface area (Å²) in [6.45, 7) is 1.21. The molecule has 0 aliphatic rings. The highest BCUT2D eigenvalue weighted by Gasteiger charge is 2.16. The minimum Gasteiger partial charge on any atom is -0.466 e. The summed E-state index contributed by atoms with van der Waals surface area (Å²) in [5, 5.41) is 0. The molecule has 0 aliphatic carbocycles. The van der Waals surface area contributed by atoms with Gasteiger partial charge >= 0.3 is 12.2 Å². The fourth-order valence-electron chi connectivity index (χ4n) is 0.353. The van der Waals surface area contributed by atoms with E-state index in [9.17, 15) is 14.0 Å². The molecular formula is C5H7FO4. The molecule has 0 saturated heterocycles. The normalized spacial score (nSPS) is 11.9. The number of hydrogen-bond acceptors (Lipinski definition) is 4. The molecule has 0 aromatic heterocycles. The van der Waals surface area contributed by atoms with E-state index in [0.717, 1.165) is 7.11 Å². The molecule has 1 atom stereocenters. The number of hydrogen-bond donors (Lipinski definition) is 0. The van der Waals surface area contributed by atoms with Gasteiger partial charge in [-0.3, -0.25) is 0 Å². The smallest absolute Gasteiger partial charge is 0.466 e. The largest absolute Gasteiger partial charge is 0.496 e. The summed E-state index contributed by atoms with van der Waals surface area (Å²) in [5.74, 6) is -0.786. The number of ether oxygens (including phenoxy) is 2. The third-order valence-corrected chi connectivity index (χ3v) is 0.803. The van der Waals surface area contributed by atoms with E-state index >= 15 is 0 Å². The average molecular weight is 150 g/mol. The van der Waals surface area contributed by atoms with Crippen molar-refractivity contribution in [3.05, 3.63) is 0 Å². The number of carbonyl (C=O) groups is 2. The lowest BCUT2D eigenvalue weighted by molar-refractivity contribution is -0.149. The van der Waals surface area contributed by atoms with Crippen molar-refractivity contribution in [3.8, 4) is 0 Å². The van der Waals surface area contributed by atoms with E-state index in [1.165, 1.54) is 6.92 Å². The van der Waals surface area contributed by atoms with Crippen molar-refractivity contribution >= 4 is 12.2 Å². The lowest BCUT2D eigenvalue weighted by Gasteiger charge is -2.05. The second kappa shape index (κ2) is 3.81. The van der Waals surface area contributed by atoms with Crippen molar-refractivity contribution in [2.45, 2.75) is 13.0 Å². The van der Waals surface area contributed by atoms with Gasteiger partial charge < -0.3 is 9.47 Å². The van der Waals surface area contributed by atoms with Crippen LogP contribution < -0.4 is 0 Å². The van der Waals surface area contributed by atoms with E-state index < -0.39 is 18.3 Å². The van der Waals surface area contributed by atoms with Gasteiger partial charge in [0.1, 0.15) is 0 Å². The average Bonchev–Trinajstić information content (AvgIpc) is 1.85. The zero-order valence-electron chi connectivity index (χ0n) is 5.59. The molecule has 0 rings (SSSR count). The first-order valence-electron chi connectivity index (χ1n) is 2.52. The first-order chi connectivity index (χ1) is 4.57. The molecule has 0 radical (unpaired) electrons. The Morgan fingerprint density at radius 3 is 2.30 bits per heavy atom. The van der Waals surface area contributed by atoms with Crippen LogP contribution in [0.1, 0.15) is 6.92 Å². The van der Waals surface area contributed by atoms with Crippen molar-refractivity contribution in [3.63, 3.8) is 0 Å². The van der Waals surface area contributed by atoms with E-state index in [4.69, 9.17) is 0 Å². The van der Waals surface area contributed by atoms with Crippen LogP contribution in [0.4, 0.5) is 9.18 Å². The molecule has 0 N–H and O–H groups in total. The van der Waals surface area contributed by atoms with Gasteiger partial charge in [-0.25, -0.2) is 9.59 Å². The SMILES string of the molecule is COC(=O)C(C)OC(=O)F. The molecule has 0 saturated carbocycles. The van der Waals surface area contributed by atoms with E-state index in [-0.39, 0.29) is 0 Å². The van der Waals surface area contributed by atoms with Gasteiger partial charge in [0.05, 0.1) is 7.11 Å². The predicted octanol–water partition coefficient (Wildman–Crippen LogP) is 0.654. The van der Waals surface area contributed by atoms with Gasteiger partial charge in [-0.2, -0.15) is 0 Å². The summed E-state index contributed by atoms with van der Waals surface area (Å²) in [4.78, 5) is 20.0. The van der Waals surface area contributed by atoms with Crippen LogP contribution in [0, 0.1) is 0 Å². The lowest BCUT2D eigenvalue weighted by Crippen LogP contribution is -2.23. The van der Waals surface area contributed by atoms with Crippen molar-refractivity contribution in [2.75, 3.05) is 7.11 Å². The van der Waals surface area contributed by atoms with Gasteiger partial charge in [-0.05, 0) is 6.92 Å². The highest BCUT2D eigenvalue weighted by atomic mass is 19.1. The zero-order valence-corrected chi connectivity index (χ0v) is 5.59. The molecule has 0 aliphatic heterocycles. The van der Waals surface area contributed by atoms with Crippen LogP contribution in [-0.2, 0) is 14.3 Å². The van der Waals surface area contributed by atoms with Crippen LogP contribution in [0.2, 0.25) is 0 Å². The number of halogens is 1. The van der Waals surface area contributed by atoms with Crippen molar-refractivity contribution in [1.29, 1.82) is 0 Å². The molecule has 0 amide bonds. The van der Waals surface area contributed by atoms with Crippen molar-refractivity contribution in [1.82, 2.24) is 0 Å². The summed E-state index contributed by atoms with van der Waals surface area (Å²) in [6.07, 6.45) is -3.17. The van der Waals surface area contributed by atoms with Gasteiger partial charge in [0.25, 0.3) is 0 Å². The Balaban J connectivity index is 3.72. The maximum absolute atomic E-state index is 11.4. The van der Waals surface area contributed by atoms with Gasteiger partial charge in [-0.15, -0.1) is 4.39 Å². The fourth-order valence-corrected chi connectivity index (χ4v) is 0.353. The number of esters is 1. The molecule has 0 bridgehead atoms. The standard InChI is InChI=1S/C5H7FO4/c1-3(4(7)9-2)10-5(6)8/h3H,1-2H3. The number of rotatable bonds is 2. The second-order valence-electron chi connectivity index (χ2n) is 1.52. The third kappa shape index (κ3) is 3.01. The molecule has 0 spiro atoms. The van der Waals surface area contributed by atoms with Crippen molar-refractivity contribution in [2.24, 2.45) is 0 Å². The van der Waals surface area contributed by atoms with E-state index in [2.05, 4.69) is 9.47 Å². The zero-order chi connectivity index (χ0) is 8.15. The molecule has 0 aromatic carbocycles. The minimum atomic E-state index is -1.99. The fraction of sp³-hybridized carbons (Fsp3) is 0.600. The van der Waals surface area contributed by atoms with E-state index in [0.29, 0.717) is 0 Å². The predicted molar refractivity (Wildman–Crippen MR) is 29.1 cm³/mol. The molecule has 1 unspecified atom stereocenters. The van der Waals surface area contributed by atoms with Gasteiger partial charge in [0.2, 0.25) is 0 Å². The second-order valence-corrected chi connectivity index (χ2v) is 1.52. The lowest BCUT2D eigenvalue weighted by atomic mass is 10.4. The Bertz CT molecular complexity index is 145. The third-order valence-electron chi connectivity index (χ3n) is 0.803.